The van der Waals surface area contributed by atoms with Gasteiger partial charge in [-0.1, -0.05) is 0 Å². The average molecular weight is 330 g/mol. The van der Waals surface area contributed by atoms with Crippen molar-refractivity contribution in [3.8, 4) is 0 Å². The van der Waals surface area contributed by atoms with E-state index in [-0.39, 0.29) is 17.5 Å². The average Bonchev–Trinajstić information content (AvgIpc) is 2.96. The van der Waals surface area contributed by atoms with Crippen molar-refractivity contribution in [2.75, 3.05) is 37.5 Å². The maximum Gasteiger partial charge on any atom is 0.277 e. The minimum absolute atomic E-state index is 0.268. The monoisotopic (exact) mass is 330 g/mol. The van der Waals surface area contributed by atoms with Gasteiger partial charge in [0.25, 0.3) is 5.91 Å². The van der Waals surface area contributed by atoms with Crippen molar-refractivity contribution < 1.29 is 9.53 Å². The van der Waals surface area contributed by atoms with Gasteiger partial charge in [-0.3, -0.25) is 9.48 Å². The first-order chi connectivity index (χ1) is 11.5. The van der Waals surface area contributed by atoms with Crippen LogP contribution in [0.2, 0.25) is 0 Å². The molecule has 2 aromatic rings. The van der Waals surface area contributed by atoms with Crippen LogP contribution in [0.4, 0.5) is 11.6 Å². The summed E-state index contributed by atoms with van der Waals surface area (Å²) in [5.74, 6) is 1.32. The number of rotatable bonds is 4. The molecule has 1 aliphatic rings. The highest BCUT2D eigenvalue weighted by Crippen LogP contribution is 2.26. The fourth-order valence-corrected chi connectivity index (χ4v) is 2.63. The first-order valence-corrected chi connectivity index (χ1v) is 7.97. The first-order valence-electron chi connectivity index (χ1n) is 7.97. The maximum absolute atomic E-state index is 12.3. The van der Waals surface area contributed by atoms with Crippen molar-refractivity contribution in [2.24, 2.45) is 7.05 Å². The van der Waals surface area contributed by atoms with Crippen LogP contribution in [0, 0.1) is 0 Å². The summed E-state index contributed by atoms with van der Waals surface area (Å²) in [6.45, 7) is 1.50. The minimum atomic E-state index is -0.303. The molecule has 1 fully saturated rings. The fraction of sp³-hybridized carbons (Fsp3) is 0.500. The Morgan fingerprint density at radius 2 is 2.21 bits per heavy atom. The van der Waals surface area contributed by atoms with Gasteiger partial charge in [0.1, 0.15) is 17.3 Å². The normalized spacial score (nSPS) is 17.5. The van der Waals surface area contributed by atoms with Crippen LogP contribution in [0.25, 0.3) is 0 Å². The molecular formula is C16H22N6O2. The molecule has 1 amide bonds. The third-order valence-electron chi connectivity index (χ3n) is 4.05. The molecule has 0 aliphatic carbocycles. The summed E-state index contributed by atoms with van der Waals surface area (Å²) in [4.78, 5) is 22.5. The zero-order valence-electron chi connectivity index (χ0n) is 14.2. The molecule has 1 atom stereocenters. The highest BCUT2D eigenvalue weighted by Gasteiger charge is 2.21. The summed E-state index contributed by atoms with van der Waals surface area (Å²) in [6.07, 6.45) is 5.14. The topological polar surface area (TPSA) is 85.2 Å². The number of hydrogen-bond donors (Lipinski definition) is 1. The van der Waals surface area contributed by atoms with Gasteiger partial charge < -0.3 is 15.0 Å². The molecule has 1 saturated heterocycles. The van der Waals surface area contributed by atoms with Gasteiger partial charge in [0, 0.05) is 39.7 Å². The van der Waals surface area contributed by atoms with Gasteiger partial charge in [0.2, 0.25) is 0 Å². The summed E-state index contributed by atoms with van der Waals surface area (Å²) in [6, 6.07) is 1.90. The van der Waals surface area contributed by atoms with Crippen LogP contribution < -0.4 is 10.2 Å². The van der Waals surface area contributed by atoms with Gasteiger partial charge in [0.15, 0.2) is 0 Å². The number of aromatic nitrogens is 4. The largest absolute Gasteiger partial charge is 0.381 e. The van der Waals surface area contributed by atoms with Crippen LogP contribution in [0.5, 0.6) is 0 Å². The molecule has 0 saturated carbocycles. The molecule has 1 aliphatic heterocycles. The number of hydrogen-bond acceptors (Lipinski definition) is 6. The zero-order chi connectivity index (χ0) is 17.1. The van der Waals surface area contributed by atoms with Crippen LogP contribution in [-0.4, -0.2) is 53.0 Å². The van der Waals surface area contributed by atoms with E-state index >= 15 is 0 Å². The molecular weight excluding hydrogens is 308 g/mol. The molecule has 3 rings (SSSR count). The van der Waals surface area contributed by atoms with Gasteiger partial charge in [-0.25, -0.2) is 9.97 Å². The molecule has 24 heavy (non-hydrogen) atoms. The Balaban J connectivity index is 1.70. The van der Waals surface area contributed by atoms with Crippen molar-refractivity contribution in [1.29, 1.82) is 0 Å². The van der Waals surface area contributed by atoms with E-state index in [1.807, 2.05) is 32.1 Å². The van der Waals surface area contributed by atoms with E-state index < -0.39 is 0 Å². The van der Waals surface area contributed by atoms with Gasteiger partial charge >= 0.3 is 0 Å². The van der Waals surface area contributed by atoms with Crippen LogP contribution in [0.3, 0.4) is 0 Å². The number of carbonyl (C=O) groups is 1. The molecule has 0 radical (unpaired) electrons. The summed E-state index contributed by atoms with van der Waals surface area (Å²) < 4.78 is 7.18. The lowest BCUT2D eigenvalue weighted by Gasteiger charge is -2.19. The minimum Gasteiger partial charge on any atom is -0.381 e. The van der Waals surface area contributed by atoms with Gasteiger partial charge in [0.05, 0.1) is 24.7 Å². The standard InChI is InChI=1S/C16H22N6O2/c1-21(2)15-9-17-13(8-18-15)16(23)19-14-7-12(20-22(14)3)11-5-4-6-24-10-11/h7-9,11H,4-6,10H2,1-3H3,(H,19,23). The Hall–Kier alpha value is -2.48. The van der Waals surface area contributed by atoms with E-state index in [9.17, 15) is 4.79 Å². The second-order valence-corrected chi connectivity index (χ2v) is 6.10. The lowest BCUT2D eigenvalue weighted by Crippen LogP contribution is -2.17. The number of nitrogens with zero attached hydrogens (tertiary/aromatic N) is 5. The lowest BCUT2D eigenvalue weighted by atomic mass is 9.99. The molecule has 128 valence electrons. The molecule has 0 aromatic carbocycles. The Bertz CT molecular complexity index is 704. The molecule has 3 heterocycles. The van der Waals surface area contributed by atoms with Crippen LogP contribution in [-0.2, 0) is 11.8 Å². The van der Waals surface area contributed by atoms with E-state index in [2.05, 4.69) is 20.4 Å². The van der Waals surface area contributed by atoms with Crippen molar-refractivity contribution >= 4 is 17.5 Å². The van der Waals surface area contributed by atoms with E-state index in [4.69, 9.17) is 4.74 Å². The van der Waals surface area contributed by atoms with Crippen LogP contribution >= 0.6 is 0 Å². The SMILES string of the molecule is CN(C)c1cnc(C(=O)Nc2cc(C3CCCOC3)nn2C)cn1. The number of ether oxygens (including phenoxy) is 1. The van der Waals surface area contributed by atoms with Crippen molar-refractivity contribution in [3.05, 3.63) is 29.8 Å². The van der Waals surface area contributed by atoms with Gasteiger partial charge in [-0.15, -0.1) is 0 Å². The van der Waals surface area contributed by atoms with E-state index in [0.717, 1.165) is 25.1 Å². The maximum atomic E-state index is 12.3. The van der Waals surface area contributed by atoms with Gasteiger partial charge in [-0.05, 0) is 12.8 Å². The number of aryl methyl sites for hydroxylation is 1. The molecule has 1 N–H and O–H groups in total. The molecule has 8 nitrogen and oxygen atoms in total. The highest BCUT2D eigenvalue weighted by molar-refractivity contribution is 6.02. The first kappa shape index (κ1) is 16.4. The molecule has 2 aromatic heterocycles. The second-order valence-electron chi connectivity index (χ2n) is 6.10. The smallest absolute Gasteiger partial charge is 0.277 e. The van der Waals surface area contributed by atoms with Crippen LogP contribution in [0.15, 0.2) is 18.5 Å². The third-order valence-corrected chi connectivity index (χ3v) is 4.05. The van der Waals surface area contributed by atoms with E-state index in [1.54, 1.807) is 10.9 Å². The second kappa shape index (κ2) is 6.96. The number of anilines is 2. The fourth-order valence-electron chi connectivity index (χ4n) is 2.63. The van der Waals surface area contributed by atoms with Crippen molar-refractivity contribution in [2.45, 2.75) is 18.8 Å². The molecule has 1 unspecified atom stereocenters. The van der Waals surface area contributed by atoms with Crippen molar-refractivity contribution in [1.82, 2.24) is 19.7 Å². The van der Waals surface area contributed by atoms with Crippen molar-refractivity contribution in [3.63, 3.8) is 0 Å². The molecule has 8 heteroatoms. The van der Waals surface area contributed by atoms with Crippen LogP contribution in [0.1, 0.15) is 34.9 Å². The Morgan fingerprint density at radius 3 is 2.83 bits per heavy atom. The summed E-state index contributed by atoms with van der Waals surface area (Å²) in [7, 11) is 5.55. The summed E-state index contributed by atoms with van der Waals surface area (Å²) in [5, 5.41) is 7.34. The molecule has 0 spiro atoms. The van der Waals surface area contributed by atoms with Gasteiger partial charge in [-0.2, -0.15) is 5.10 Å². The molecule has 0 bridgehead atoms. The number of nitrogens with one attached hydrogen (secondary N) is 1. The zero-order valence-corrected chi connectivity index (χ0v) is 14.2. The number of carbonyl (C=O) groups excluding carboxylic acids is 1. The van der Waals surface area contributed by atoms with E-state index in [1.165, 1.54) is 6.20 Å². The van der Waals surface area contributed by atoms with E-state index in [0.29, 0.717) is 18.2 Å². The third kappa shape index (κ3) is 3.53. The quantitative estimate of drug-likeness (QED) is 0.912. The Morgan fingerprint density at radius 1 is 1.38 bits per heavy atom. The predicted octanol–water partition coefficient (Wildman–Crippen LogP) is 1.42. The summed E-state index contributed by atoms with van der Waals surface area (Å²) in [5.41, 5.74) is 1.21. The highest BCUT2D eigenvalue weighted by atomic mass is 16.5. The Kier molecular flexibility index (Phi) is 4.75. The lowest BCUT2D eigenvalue weighted by molar-refractivity contribution is 0.0791. The predicted molar refractivity (Wildman–Crippen MR) is 90.3 cm³/mol. The Labute approximate surface area is 140 Å². The number of amides is 1. The summed E-state index contributed by atoms with van der Waals surface area (Å²) >= 11 is 0.